The van der Waals surface area contributed by atoms with Crippen LogP contribution in [0.4, 0.5) is 32.3 Å². The van der Waals surface area contributed by atoms with E-state index in [1.807, 2.05) is 65.2 Å². The summed E-state index contributed by atoms with van der Waals surface area (Å²) in [5.74, 6) is -1.12. The van der Waals surface area contributed by atoms with Gasteiger partial charge in [-0.3, -0.25) is 14.6 Å². The number of hydrogen-bond acceptors (Lipinski definition) is 9. The normalized spacial score (nSPS) is 16.2. The van der Waals surface area contributed by atoms with Crippen LogP contribution in [0.15, 0.2) is 146 Å². The van der Waals surface area contributed by atoms with Crippen LogP contribution < -0.4 is 15.1 Å². The number of nitrogens with one attached hydrogen (secondary N) is 1. The van der Waals surface area contributed by atoms with E-state index in [0.717, 1.165) is 74.8 Å². The third-order valence-corrected chi connectivity index (χ3v) is 14.8. The summed E-state index contributed by atoms with van der Waals surface area (Å²) in [6.45, 7) is 15.1. The molecule has 0 aromatic heterocycles. The first-order valence-electron chi connectivity index (χ1n) is 28.1. The quantitative estimate of drug-likeness (QED) is 0.128. The van der Waals surface area contributed by atoms with Crippen molar-refractivity contribution in [1.82, 2.24) is 20.0 Å². The van der Waals surface area contributed by atoms with Crippen molar-refractivity contribution in [3.63, 3.8) is 0 Å². The van der Waals surface area contributed by atoms with Crippen LogP contribution in [0.25, 0.3) is 0 Å². The smallest absolute Gasteiger partial charge is 0.411 e. The molecule has 0 radical (unpaired) electrons. The Morgan fingerprint density at radius 2 is 0.848 bits per heavy atom. The van der Waals surface area contributed by atoms with Crippen molar-refractivity contribution in [2.45, 2.75) is 116 Å². The lowest BCUT2D eigenvalue weighted by Crippen LogP contribution is -2.49. The third-order valence-electron chi connectivity index (χ3n) is 14.8. The lowest BCUT2D eigenvalue weighted by molar-refractivity contribution is -0.143. The van der Waals surface area contributed by atoms with Crippen LogP contribution in [0.1, 0.15) is 111 Å². The second kappa shape index (κ2) is 25.9. The molecule has 2 atom stereocenters. The molecule has 13 nitrogen and oxygen atoms in total. The van der Waals surface area contributed by atoms with E-state index in [2.05, 4.69) is 118 Å². The molecule has 0 saturated heterocycles. The second-order valence-corrected chi connectivity index (χ2v) is 22.8. The van der Waals surface area contributed by atoms with Gasteiger partial charge in [-0.05, 0) is 175 Å². The van der Waals surface area contributed by atoms with Crippen LogP contribution in [0, 0.1) is 0 Å². The van der Waals surface area contributed by atoms with E-state index in [-0.39, 0.29) is 5.91 Å². The van der Waals surface area contributed by atoms with Crippen molar-refractivity contribution < 1.29 is 33.8 Å². The average molecular weight is 1070 g/mol. The number of anilines is 4. The Hall–Kier alpha value is -7.64. The van der Waals surface area contributed by atoms with E-state index >= 15 is 0 Å². The zero-order valence-corrected chi connectivity index (χ0v) is 47.5. The number of likely N-dealkylation sites (N-methyl/N-ethyl adjacent to an activating group) is 1. The molecule has 0 bridgehead atoms. The summed E-state index contributed by atoms with van der Waals surface area (Å²) in [5, 5.41) is 12.7. The van der Waals surface area contributed by atoms with E-state index in [1.165, 1.54) is 49.9 Å². The number of fused-ring (bicyclic) bond motifs is 6. The van der Waals surface area contributed by atoms with Crippen LogP contribution in [-0.2, 0) is 57.6 Å². The van der Waals surface area contributed by atoms with Crippen LogP contribution in [0.3, 0.4) is 0 Å². The number of aryl methyl sites for hydroxylation is 4. The van der Waals surface area contributed by atoms with Gasteiger partial charge in [0.25, 0.3) is 0 Å². The molecule has 2 N–H and O–H groups in total. The molecule has 6 aromatic rings. The van der Waals surface area contributed by atoms with Gasteiger partial charge < -0.3 is 34.6 Å². The lowest BCUT2D eigenvalue weighted by Gasteiger charge is -2.38. The summed E-state index contributed by atoms with van der Waals surface area (Å²) < 4.78 is 11.0. The van der Waals surface area contributed by atoms with Crippen LogP contribution >= 0.6 is 0 Å². The number of carbonyl (C=O) groups excluding carboxylic acids is 3. The number of rotatable bonds is 10. The SMILES string of the molecule is CC(C)(C)OC(=O)N1CCc2ccccc2C1C(=O)O.CN(CCCN1c2ccccc2CCc2ccccc21)C(=O)C1c2ccccc2CCN1C(=O)OC(C)(C)C.CNCCCN1c2ccccc2CCc2ccccc21. The summed E-state index contributed by atoms with van der Waals surface area (Å²) in [6, 6.07) is 48.5. The maximum atomic E-state index is 13.9. The monoisotopic (exact) mass is 1070 g/mol. The summed E-state index contributed by atoms with van der Waals surface area (Å²) in [4.78, 5) is 60.4. The second-order valence-electron chi connectivity index (χ2n) is 22.8. The van der Waals surface area contributed by atoms with E-state index in [1.54, 1.807) is 42.7 Å². The molecule has 6 aromatic carbocycles. The maximum Gasteiger partial charge on any atom is 0.411 e. The number of para-hydroxylation sites is 4. The van der Waals surface area contributed by atoms with E-state index < -0.39 is 41.4 Å². The highest BCUT2D eigenvalue weighted by Gasteiger charge is 2.40. The zero-order valence-electron chi connectivity index (χ0n) is 47.5. The fraction of sp³-hybridized carbons (Fsp3) is 0.394. The first-order chi connectivity index (χ1) is 37.9. The molecule has 10 rings (SSSR count). The Balaban J connectivity index is 0.000000172. The molecule has 0 saturated carbocycles. The number of carbonyl (C=O) groups is 4. The Kier molecular flexibility index (Phi) is 18.8. The average Bonchev–Trinajstić information content (AvgIpc) is 3.76. The molecule has 0 fully saturated rings. The van der Waals surface area contributed by atoms with Gasteiger partial charge in [0.15, 0.2) is 6.04 Å². The van der Waals surface area contributed by atoms with Crippen molar-refractivity contribution in [1.29, 1.82) is 0 Å². The van der Waals surface area contributed by atoms with Crippen LogP contribution in [0.2, 0.25) is 0 Å². The number of benzene rings is 6. The largest absolute Gasteiger partial charge is 0.479 e. The van der Waals surface area contributed by atoms with Gasteiger partial charge in [-0.2, -0.15) is 0 Å². The topological polar surface area (TPSA) is 135 Å². The minimum Gasteiger partial charge on any atom is -0.479 e. The van der Waals surface area contributed by atoms with Gasteiger partial charge in [0, 0.05) is 62.5 Å². The van der Waals surface area contributed by atoms with Gasteiger partial charge >= 0.3 is 18.2 Å². The molecule has 0 aliphatic carbocycles. The van der Waals surface area contributed by atoms with Crippen molar-refractivity contribution in [3.8, 4) is 0 Å². The molecular weight excluding hydrogens is 989 g/mol. The Labute approximate surface area is 468 Å². The van der Waals surface area contributed by atoms with Crippen LogP contribution in [-0.4, -0.2) is 108 Å². The van der Waals surface area contributed by atoms with Gasteiger partial charge in [-0.1, -0.05) is 121 Å². The molecule has 4 aliphatic rings. The predicted molar refractivity (Wildman–Crippen MR) is 315 cm³/mol. The third kappa shape index (κ3) is 14.4. The van der Waals surface area contributed by atoms with Gasteiger partial charge in [-0.25, -0.2) is 14.4 Å². The standard InChI is InChI=1S/C33H39N3O3.C18H22N2.C15H19NO4/c1-33(2,3)39-32(38)36-23-20-24-12-5-8-15-27(24)30(36)31(37)34(4)21-11-22-35-28-16-9-6-13-25(28)18-19-26-14-7-10-17-29(26)35;1-19-13-6-14-20-17-9-4-2-7-15(17)11-12-16-8-3-5-10-18(16)20;1-15(2,3)20-14(19)16-9-8-10-6-4-5-7-11(10)12(16)13(17)18/h5-10,12-17,30H,11,18-23H2,1-4H3;2-5,7-10,19H,6,11-14H2,1H3;4-7,12H,8-9H2,1-3H3,(H,17,18). The summed E-state index contributed by atoms with van der Waals surface area (Å²) in [7, 11) is 3.86. The molecule has 2 unspecified atom stereocenters. The number of amides is 3. The van der Waals surface area contributed by atoms with Gasteiger partial charge in [0.2, 0.25) is 5.91 Å². The van der Waals surface area contributed by atoms with E-state index in [4.69, 9.17) is 9.47 Å². The molecule has 416 valence electrons. The van der Waals surface area contributed by atoms with Crippen molar-refractivity contribution in [2.24, 2.45) is 0 Å². The van der Waals surface area contributed by atoms with Gasteiger partial charge in [0.1, 0.15) is 17.2 Å². The van der Waals surface area contributed by atoms with Crippen LogP contribution in [0.5, 0.6) is 0 Å². The molecule has 4 heterocycles. The number of hydrogen-bond donors (Lipinski definition) is 2. The van der Waals surface area contributed by atoms with Crippen molar-refractivity contribution in [3.05, 3.63) is 190 Å². The highest BCUT2D eigenvalue weighted by atomic mass is 16.6. The fourth-order valence-corrected chi connectivity index (χ4v) is 11.1. The van der Waals surface area contributed by atoms with Gasteiger partial charge in [-0.15, -0.1) is 0 Å². The zero-order chi connectivity index (χ0) is 56.3. The molecule has 4 aliphatic heterocycles. The first-order valence-corrected chi connectivity index (χ1v) is 28.1. The predicted octanol–water partition coefficient (Wildman–Crippen LogP) is 12.4. The van der Waals surface area contributed by atoms with Crippen molar-refractivity contribution >= 4 is 46.8 Å². The lowest BCUT2D eigenvalue weighted by atomic mass is 9.92. The first kappa shape index (κ1) is 57.5. The molecule has 0 spiro atoms. The Morgan fingerprint density at radius 3 is 1.23 bits per heavy atom. The van der Waals surface area contributed by atoms with Gasteiger partial charge in [0.05, 0.1) is 0 Å². The summed E-state index contributed by atoms with van der Waals surface area (Å²) in [6.07, 6.45) is 6.57. The molecule has 3 amide bonds. The van der Waals surface area contributed by atoms with E-state index in [9.17, 15) is 24.3 Å². The summed E-state index contributed by atoms with van der Waals surface area (Å²) >= 11 is 0. The number of aliphatic carboxylic acids is 1. The maximum absolute atomic E-state index is 13.9. The number of carboxylic acids is 1. The Morgan fingerprint density at radius 1 is 0.506 bits per heavy atom. The number of ether oxygens (including phenoxy) is 2. The van der Waals surface area contributed by atoms with Crippen molar-refractivity contribution in [2.75, 3.05) is 63.2 Å². The number of carboxylic acid groups (broad SMARTS) is 1. The minimum absolute atomic E-state index is 0.0790. The summed E-state index contributed by atoms with van der Waals surface area (Å²) in [5.41, 5.74) is 13.3. The molecule has 79 heavy (non-hydrogen) atoms. The fourth-order valence-electron chi connectivity index (χ4n) is 11.1. The van der Waals surface area contributed by atoms with E-state index in [0.29, 0.717) is 38.0 Å². The highest BCUT2D eigenvalue weighted by molar-refractivity contribution is 5.88. The molecular formula is C66H80N6O7. The minimum atomic E-state index is -1.04. The Bertz CT molecular complexity index is 2980. The highest BCUT2D eigenvalue weighted by Crippen LogP contribution is 2.39. The molecule has 13 heteroatoms. The number of nitrogens with zero attached hydrogens (tertiary/aromatic N) is 5.